The average Bonchev–Trinajstić information content (AvgIpc) is 2.97. The molecule has 0 amide bonds. The van der Waals surface area contributed by atoms with E-state index in [0.29, 0.717) is 25.7 Å². The number of allylic oxidation sites excluding steroid dienone is 1. The summed E-state index contributed by atoms with van der Waals surface area (Å²) in [6.45, 7) is 14.1. The van der Waals surface area contributed by atoms with Gasteiger partial charge in [0.15, 0.2) is 5.78 Å². The number of hydrogen-bond donors (Lipinski definition) is 2. The number of aliphatic carboxylic acids is 1. The molecule has 6 heteroatoms. The molecule has 6 nitrogen and oxygen atoms in total. The van der Waals surface area contributed by atoms with Crippen molar-refractivity contribution in [1.29, 1.82) is 0 Å². The van der Waals surface area contributed by atoms with Crippen LogP contribution in [-0.2, 0) is 19.2 Å². The zero-order valence-corrected chi connectivity index (χ0v) is 23.1. The second-order valence-electron chi connectivity index (χ2n) is 13.7. The van der Waals surface area contributed by atoms with Gasteiger partial charge in [0, 0.05) is 47.5 Å². The van der Waals surface area contributed by atoms with E-state index >= 15 is 0 Å². The number of carboxylic acid groups (broad SMARTS) is 1. The summed E-state index contributed by atoms with van der Waals surface area (Å²) >= 11 is 0. The monoisotopic (exact) mass is 500 g/mol. The largest absolute Gasteiger partial charge is 0.481 e. The van der Waals surface area contributed by atoms with Gasteiger partial charge in [-0.1, -0.05) is 54.0 Å². The lowest BCUT2D eigenvalue weighted by Gasteiger charge is -2.60. The third kappa shape index (κ3) is 3.60. The van der Waals surface area contributed by atoms with Gasteiger partial charge in [-0.15, -0.1) is 0 Å². The summed E-state index contributed by atoms with van der Waals surface area (Å²) in [5.41, 5.74) is 0.108. The molecular formula is C30H44O6. The van der Waals surface area contributed by atoms with Gasteiger partial charge in [0.1, 0.15) is 11.6 Å². The highest BCUT2D eigenvalue weighted by Gasteiger charge is 2.68. The first-order valence-corrected chi connectivity index (χ1v) is 13.7. The van der Waals surface area contributed by atoms with Crippen molar-refractivity contribution >= 4 is 23.3 Å². The molecule has 0 aromatic rings. The van der Waals surface area contributed by atoms with Crippen LogP contribution in [0.4, 0.5) is 0 Å². The second-order valence-corrected chi connectivity index (χ2v) is 13.7. The first-order chi connectivity index (χ1) is 16.5. The van der Waals surface area contributed by atoms with Crippen LogP contribution in [0.3, 0.4) is 0 Å². The van der Waals surface area contributed by atoms with Crippen molar-refractivity contribution in [2.45, 2.75) is 106 Å². The lowest BCUT2D eigenvalue weighted by molar-refractivity contribution is -0.143. The molecule has 4 aliphatic carbocycles. The summed E-state index contributed by atoms with van der Waals surface area (Å²) in [6.07, 6.45) is 3.25. The van der Waals surface area contributed by atoms with E-state index in [0.717, 1.165) is 24.0 Å². The lowest BCUT2D eigenvalue weighted by Crippen LogP contribution is -2.57. The highest BCUT2D eigenvalue weighted by atomic mass is 16.4. The number of carbonyl (C=O) groups is 4. The fraction of sp³-hybridized carbons (Fsp3) is 0.800. The summed E-state index contributed by atoms with van der Waals surface area (Å²) in [6, 6.07) is 0. The Morgan fingerprint density at radius 2 is 1.67 bits per heavy atom. The number of Topliss-reactive ketones (excluding diaryl/α,β-unsaturated/α-hetero) is 3. The summed E-state index contributed by atoms with van der Waals surface area (Å²) in [4.78, 5) is 50.8. The number of hydrogen-bond acceptors (Lipinski definition) is 5. The first-order valence-electron chi connectivity index (χ1n) is 13.7. The SMILES string of the molecule is CC(CC(=O)C[C@@H](C)C1C[C@H](O)[C@@]2(C)C3=C(C(=O)C[C@]12C)[C@@]1(C)CCC(=O)C(C)(C)[C@@H]1CC3)C(=O)O. The van der Waals surface area contributed by atoms with Crippen molar-refractivity contribution in [2.75, 3.05) is 0 Å². The fourth-order valence-corrected chi connectivity index (χ4v) is 9.26. The molecule has 2 fully saturated rings. The number of aliphatic hydroxyl groups excluding tert-OH is 1. The van der Waals surface area contributed by atoms with Crippen molar-refractivity contribution in [3.05, 3.63) is 11.1 Å². The van der Waals surface area contributed by atoms with E-state index in [1.165, 1.54) is 0 Å². The minimum atomic E-state index is -0.971. The number of rotatable bonds is 6. The molecule has 0 spiro atoms. The Balaban J connectivity index is 1.70. The molecule has 4 aliphatic rings. The third-order valence-corrected chi connectivity index (χ3v) is 11.6. The fourth-order valence-electron chi connectivity index (χ4n) is 9.26. The second kappa shape index (κ2) is 8.61. The highest BCUT2D eigenvalue weighted by Crippen LogP contribution is 2.71. The molecule has 4 rings (SSSR count). The van der Waals surface area contributed by atoms with Crippen LogP contribution in [0.2, 0.25) is 0 Å². The maximum atomic E-state index is 14.0. The summed E-state index contributed by atoms with van der Waals surface area (Å²) in [7, 11) is 0. The zero-order valence-electron chi connectivity index (χ0n) is 23.1. The van der Waals surface area contributed by atoms with E-state index in [1.807, 2.05) is 20.8 Å². The van der Waals surface area contributed by atoms with Crippen LogP contribution >= 0.6 is 0 Å². The van der Waals surface area contributed by atoms with Crippen LogP contribution in [0.1, 0.15) is 99.8 Å². The number of ketones is 3. The molecule has 0 saturated heterocycles. The van der Waals surface area contributed by atoms with E-state index in [1.54, 1.807) is 6.92 Å². The lowest BCUT2D eigenvalue weighted by atomic mass is 9.43. The Morgan fingerprint density at radius 1 is 1.03 bits per heavy atom. The molecular weight excluding hydrogens is 456 g/mol. The molecule has 2 saturated carbocycles. The number of fused-ring (bicyclic) bond motifs is 4. The van der Waals surface area contributed by atoms with Gasteiger partial charge in [-0.3, -0.25) is 19.2 Å². The predicted molar refractivity (Wildman–Crippen MR) is 136 cm³/mol. The smallest absolute Gasteiger partial charge is 0.306 e. The number of carboxylic acids is 1. The molecule has 0 heterocycles. The molecule has 0 bridgehead atoms. The summed E-state index contributed by atoms with van der Waals surface area (Å²) < 4.78 is 0. The van der Waals surface area contributed by atoms with Gasteiger partial charge in [0.25, 0.3) is 0 Å². The molecule has 0 aromatic heterocycles. The standard InChI is InChI=1S/C30H44O6/c1-16(12-18(31)13-17(2)26(35)36)20-14-24(34)30(7)19-8-9-22-27(3,4)23(33)10-11-28(22,5)25(19)21(32)15-29(20,30)6/h16-17,20,22,24,34H,8-15H2,1-7H3,(H,35,36)/t16-,17?,20?,22+,24+,28+,29-,30-/m1/s1. The molecule has 0 aliphatic heterocycles. The third-order valence-electron chi connectivity index (χ3n) is 11.6. The van der Waals surface area contributed by atoms with Gasteiger partial charge in [-0.2, -0.15) is 0 Å². The molecule has 0 aromatic carbocycles. The average molecular weight is 501 g/mol. The Labute approximate surface area is 215 Å². The van der Waals surface area contributed by atoms with Gasteiger partial charge in [0.05, 0.1) is 12.0 Å². The summed E-state index contributed by atoms with van der Waals surface area (Å²) in [5, 5.41) is 20.8. The molecule has 2 unspecified atom stereocenters. The van der Waals surface area contributed by atoms with Crippen LogP contribution in [-0.4, -0.2) is 39.6 Å². The van der Waals surface area contributed by atoms with E-state index in [2.05, 4.69) is 20.8 Å². The van der Waals surface area contributed by atoms with Gasteiger partial charge in [0.2, 0.25) is 0 Å². The Bertz CT molecular complexity index is 1040. The minimum Gasteiger partial charge on any atom is -0.481 e. The Hall–Kier alpha value is -1.82. The quantitative estimate of drug-likeness (QED) is 0.521. The number of aliphatic hydroxyl groups is 1. The topological polar surface area (TPSA) is 109 Å². The van der Waals surface area contributed by atoms with Crippen LogP contribution < -0.4 is 0 Å². The predicted octanol–water partition coefficient (Wildman–Crippen LogP) is 5.16. The van der Waals surface area contributed by atoms with Crippen LogP contribution in [0.25, 0.3) is 0 Å². The van der Waals surface area contributed by atoms with Crippen molar-refractivity contribution in [2.24, 2.45) is 45.3 Å². The summed E-state index contributed by atoms with van der Waals surface area (Å²) in [5.74, 6) is -1.29. The molecule has 200 valence electrons. The van der Waals surface area contributed by atoms with E-state index in [4.69, 9.17) is 0 Å². The normalized spacial score (nSPS) is 41.3. The van der Waals surface area contributed by atoms with Crippen LogP contribution in [0, 0.1) is 45.3 Å². The van der Waals surface area contributed by atoms with Gasteiger partial charge >= 0.3 is 5.97 Å². The maximum Gasteiger partial charge on any atom is 0.306 e. The highest BCUT2D eigenvalue weighted by molar-refractivity contribution is 6.00. The van der Waals surface area contributed by atoms with Crippen molar-refractivity contribution in [1.82, 2.24) is 0 Å². The zero-order chi connectivity index (χ0) is 27.0. The van der Waals surface area contributed by atoms with Crippen molar-refractivity contribution in [3.8, 4) is 0 Å². The molecule has 36 heavy (non-hydrogen) atoms. The van der Waals surface area contributed by atoms with Gasteiger partial charge in [-0.25, -0.2) is 0 Å². The molecule has 0 radical (unpaired) electrons. The van der Waals surface area contributed by atoms with Crippen molar-refractivity contribution < 1.29 is 29.4 Å². The maximum absolute atomic E-state index is 14.0. The van der Waals surface area contributed by atoms with Crippen LogP contribution in [0.5, 0.6) is 0 Å². The number of carbonyl (C=O) groups excluding carboxylic acids is 3. The Morgan fingerprint density at radius 3 is 2.28 bits per heavy atom. The van der Waals surface area contributed by atoms with Crippen molar-refractivity contribution in [3.63, 3.8) is 0 Å². The van der Waals surface area contributed by atoms with E-state index in [-0.39, 0.29) is 53.4 Å². The van der Waals surface area contributed by atoms with Gasteiger partial charge < -0.3 is 10.2 Å². The Kier molecular flexibility index (Phi) is 6.51. The molecule has 2 N–H and O–H groups in total. The van der Waals surface area contributed by atoms with E-state index < -0.39 is 34.2 Å². The van der Waals surface area contributed by atoms with Gasteiger partial charge in [-0.05, 0) is 48.9 Å². The first kappa shape index (κ1) is 27.2. The van der Waals surface area contributed by atoms with E-state index in [9.17, 15) is 29.4 Å². The molecule has 8 atom stereocenters. The minimum absolute atomic E-state index is 0.00537. The van der Waals surface area contributed by atoms with Crippen LogP contribution in [0.15, 0.2) is 11.1 Å².